The molecule has 0 saturated carbocycles. The molecule has 29 heavy (non-hydrogen) atoms. The number of aromatic nitrogens is 1. The van der Waals surface area contributed by atoms with Gasteiger partial charge in [0.15, 0.2) is 0 Å². The Morgan fingerprint density at radius 1 is 1.21 bits per heavy atom. The fourth-order valence-electron chi connectivity index (χ4n) is 3.59. The molecule has 0 aliphatic carbocycles. The van der Waals surface area contributed by atoms with Crippen LogP contribution < -0.4 is 5.32 Å². The largest absolute Gasteiger partial charge is 0.336 e. The number of nitrogens with zero attached hydrogens (tertiary/aromatic N) is 2. The molecule has 1 atom stereocenters. The van der Waals surface area contributed by atoms with E-state index >= 15 is 0 Å². The first-order chi connectivity index (χ1) is 14.0. The van der Waals surface area contributed by atoms with Crippen LogP contribution in [0.5, 0.6) is 0 Å². The van der Waals surface area contributed by atoms with E-state index in [1.54, 1.807) is 28.8 Å². The maximum absolute atomic E-state index is 12.9. The zero-order valence-corrected chi connectivity index (χ0v) is 18.1. The van der Waals surface area contributed by atoms with Gasteiger partial charge in [-0.1, -0.05) is 0 Å². The number of rotatable bonds is 4. The molecule has 1 aliphatic heterocycles. The fraction of sp³-hybridized carbons (Fsp3) is 0.318. The molecular weight excluding hydrogens is 402 g/mol. The molecule has 3 aromatic rings. The van der Waals surface area contributed by atoms with E-state index < -0.39 is 0 Å². The summed E-state index contributed by atoms with van der Waals surface area (Å²) in [5.41, 5.74) is 3.66. The summed E-state index contributed by atoms with van der Waals surface area (Å²) in [7, 11) is 0. The van der Waals surface area contributed by atoms with Gasteiger partial charge in [-0.05, 0) is 68.3 Å². The van der Waals surface area contributed by atoms with Crippen LogP contribution in [0.15, 0.2) is 40.4 Å². The number of piperidine rings is 1. The molecule has 1 unspecified atom stereocenters. The Balaban J connectivity index is 1.47. The van der Waals surface area contributed by atoms with Gasteiger partial charge in [0.1, 0.15) is 10.7 Å². The molecule has 1 aliphatic rings. The van der Waals surface area contributed by atoms with Crippen molar-refractivity contribution in [3.8, 4) is 10.6 Å². The van der Waals surface area contributed by atoms with E-state index in [0.717, 1.165) is 35.5 Å². The minimum Gasteiger partial charge on any atom is -0.336 e. The predicted octanol–water partition coefficient (Wildman–Crippen LogP) is 5.45. The van der Waals surface area contributed by atoms with E-state index in [4.69, 9.17) is 0 Å². The maximum Gasteiger partial charge on any atom is 0.275 e. The number of nitrogens with one attached hydrogen (secondary N) is 1. The van der Waals surface area contributed by atoms with E-state index in [-0.39, 0.29) is 17.9 Å². The number of thiophene rings is 1. The zero-order chi connectivity index (χ0) is 20.4. The molecule has 0 bridgehead atoms. The van der Waals surface area contributed by atoms with Gasteiger partial charge in [-0.15, -0.1) is 11.3 Å². The van der Waals surface area contributed by atoms with Crippen molar-refractivity contribution in [1.82, 2.24) is 9.88 Å². The number of anilines is 1. The van der Waals surface area contributed by atoms with Crippen molar-refractivity contribution >= 4 is 40.2 Å². The van der Waals surface area contributed by atoms with Crippen molar-refractivity contribution < 1.29 is 9.59 Å². The highest BCUT2D eigenvalue weighted by Crippen LogP contribution is 2.27. The minimum absolute atomic E-state index is 0.0677. The Hall–Kier alpha value is -2.51. The first-order valence-corrected chi connectivity index (χ1v) is 11.6. The normalized spacial score (nSPS) is 16.6. The van der Waals surface area contributed by atoms with Crippen LogP contribution in [-0.4, -0.2) is 34.3 Å². The number of benzene rings is 1. The minimum atomic E-state index is -0.241. The van der Waals surface area contributed by atoms with Gasteiger partial charge in [-0.2, -0.15) is 11.3 Å². The van der Waals surface area contributed by atoms with Crippen molar-refractivity contribution in [2.24, 2.45) is 0 Å². The summed E-state index contributed by atoms with van der Waals surface area (Å²) in [5.74, 6) is -0.173. The summed E-state index contributed by atoms with van der Waals surface area (Å²) < 4.78 is 0. The average molecular weight is 426 g/mol. The van der Waals surface area contributed by atoms with Gasteiger partial charge in [0.2, 0.25) is 0 Å². The van der Waals surface area contributed by atoms with E-state index in [9.17, 15) is 9.59 Å². The van der Waals surface area contributed by atoms with Crippen LogP contribution in [0.25, 0.3) is 10.6 Å². The molecule has 1 N–H and O–H groups in total. The first-order valence-electron chi connectivity index (χ1n) is 9.74. The Bertz CT molecular complexity index is 1030. The van der Waals surface area contributed by atoms with E-state index in [0.29, 0.717) is 16.9 Å². The molecular formula is C22H23N3O2S2. The third-order valence-electron chi connectivity index (χ3n) is 5.29. The fourth-order valence-corrected chi connectivity index (χ4v) is 5.10. The monoisotopic (exact) mass is 425 g/mol. The van der Waals surface area contributed by atoms with Crippen LogP contribution in [0.3, 0.4) is 0 Å². The van der Waals surface area contributed by atoms with Crippen LogP contribution in [0.4, 0.5) is 5.69 Å². The molecule has 1 aromatic carbocycles. The molecule has 0 radical (unpaired) electrons. The van der Waals surface area contributed by atoms with Gasteiger partial charge in [0.05, 0.1) is 0 Å². The number of aryl methyl sites for hydroxylation is 1. The lowest BCUT2D eigenvalue weighted by Crippen LogP contribution is -2.42. The lowest BCUT2D eigenvalue weighted by Gasteiger charge is -2.33. The average Bonchev–Trinajstić information content (AvgIpc) is 3.41. The van der Waals surface area contributed by atoms with Gasteiger partial charge in [0, 0.05) is 40.2 Å². The predicted molar refractivity (Wildman–Crippen MR) is 119 cm³/mol. The highest BCUT2D eigenvalue weighted by molar-refractivity contribution is 7.14. The topological polar surface area (TPSA) is 62.3 Å². The lowest BCUT2D eigenvalue weighted by molar-refractivity contribution is 0.0635. The van der Waals surface area contributed by atoms with Gasteiger partial charge in [-0.25, -0.2) is 4.98 Å². The smallest absolute Gasteiger partial charge is 0.275 e. The second kappa shape index (κ2) is 8.47. The first kappa shape index (κ1) is 19.8. The second-order valence-electron chi connectivity index (χ2n) is 7.38. The number of hydrogen-bond donors (Lipinski definition) is 1. The molecule has 4 rings (SSSR count). The molecule has 1 saturated heterocycles. The van der Waals surface area contributed by atoms with Crippen molar-refractivity contribution in [3.05, 3.63) is 57.2 Å². The van der Waals surface area contributed by atoms with Gasteiger partial charge >= 0.3 is 0 Å². The number of carbonyl (C=O) groups excluding carboxylic acids is 2. The van der Waals surface area contributed by atoms with Crippen molar-refractivity contribution in [1.29, 1.82) is 0 Å². The Labute approximate surface area is 178 Å². The number of likely N-dealkylation sites (tertiary alicyclic amines) is 1. The van der Waals surface area contributed by atoms with Crippen LogP contribution in [0.1, 0.15) is 52.6 Å². The summed E-state index contributed by atoms with van der Waals surface area (Å²) in [5, 5.41) is 9.54. The lowest BCUT2D eigenvalue weighted by atomic mass is 10.0. The highest BCUT2D eigenvalue weighted by atomic mass is 32.1. The number of carbonyl (C=O) groups is 2. The van der Waals surface area contributed by atoms with E-state index in [1.165, 1.54) is 17.8 Å². The Kier molecular flexibility index (Phi) is 5.78. The summed E-state index contributed by atoms with van der Waals surface area (Å²) in [4.78, 5) is 31.9. The molecule has 2 amide bonds. The molecule has 150 valence electrons. The molecule has 5 nitrogen and oxygen atoms in total. The summed E-state index contributed by atoms with van der Waals surface area (Å²) in [6.45, 7) is 4.83. The van der Waals surface area contributed by atoms with Gasteiger partial charge in [-0.3, -0.25) is 9.59 Å². The number of hydrogen-bond acceptors (Lipinski definition) is 5. The quantitative estimate of drug-likeness (QED) is 0.605. The van der Waals surface area contributed by atoms with Gasteiger partial charge < -0.3 is 10.2 Å². The molecule has 2 aromatic heterocycles. The SMILES string of the molecule is Cc1cc(C(=O)N2CCCCC2C)ccc1NC(=O)c1csc(-c2ccsc2)n1. The maximum atomic E-state index is 12.9. The van der Waals surface area contributed by atoms with Crippen LogP contribution in [0.2, 0.25) is 0 Å². The Morgan fingerprint density at radius 2 is 2.07 bits per heavy atom. The molecule has 7 heteroatoms. The second-order valence-corrected chi connectivity index (χ2v) is 9.02. The van der Waals surface area contributed by atoms with E-state index in [2.05, 4.69) is 17.2 Å². The van der Waals surface area contributed by atoms with Crippen molar-refractivity contribution in [2.75, 3.05) is 11.9 Å². The van der Waals surface area contributed by atoms with Crippen LogP contribution >= 0.6 is 22.7 Å². The zero-order valence-electron chi connectivity index (χ0n) is 16.5. The van der Waals surface area contributed by atoms with Crippen LogP contribution in [0, 0.1) is 6.92 Å². The third-order valence-corrected chi connectivity index (χ3v) is 6.86. The molecule has 1 fully saturated rings. The Morgan fingerprint density at radius 3 is 2.79 bits per heavy atom. The summed E-state index contributed by atoms with van der Waals surface area (Å²) in [6, 6.07) is 7.73. The highest BCUT2D eigenvalue weighted by Gasteiger charge is 2.24. The summed E-state index contributed by atoms with van der Waals surface area (Å²) in [6.07, 6.45) is 3.30. The van der Waals surface area contributed by atoms with Crippen molar-refractivity contribution in [3.63, 3.8) is 0 Å². The van der Waals surface area contributed by atoms with Gasteiger partial charge in [0.25, 0.3) is 11.8 Å². The standard InChI is InChI=1S/C22H23N3O2S2/c1-14-11-16(22(27)25-9-4-3-5-15(25)2)6-7-18(14)23-20(26)19-13-29-21(24-19)17-8-10-28-12-17/h6-8,10-13,15H,3-5,9H2,1-2H3,(H,23,26). The number of thiazole rings is 1. The summed E-state index contributed by atoms with van der Waals surface area (Å²) >= 11 is 3.06. The molecule has 0 spiro atoms. The van der Waals surface area contributed by atoms with E-state index in [1.807, 2.05) is 34.7 Å². The molecule has 3 heterocycles. The van der Waals surface area contributed by atoms with Crippen LogP contribution in [-0.2, 0) is 0 Å². The van der Waals surface area contributed by atoms with Crippen molar-refractivity contribution in [2.45, 2.75) is 39.2 Å². The number of amides is 2. The third kappa shape index (κ3) is 4.26.